The number of benzene rings is 2. The Morgan fingerprint density at radius 3 is 2.82 bits per heavy atom. The maximum atomic E-state index is 13.5. The van der Waals surface area contributed by atoms with Crippen LogP contribution in [0.2, 0.25) is 0 Å². The van der Waals surface area contributed by atoms with Crippen molar-refractivity contribution in [2.45, 2.75) is 26.1 Å². The molecule has 1 atom stereocenters. The van der Waals surface area contributed by atoms with E-state index in [1.807, 2.05) is 12.1 Å². The maximum absolute atomic E-state index is 13.5. The lowest BCUT2D eigenvalue weighted by Crippen LogP contribution is -2.36. The van der Waals surface area contributed by atoms with E-state index in [0.29, 0.717) is 24.3 Å². The number of carbonyl (C=O) groups is 1. The molecule has 0 radical (unpaired) electrons. The van der Waals surface area contributed by atoms with Crippen LogP contribution in [0.25, 0.3) is 0 Å². The van der Waals surface area contributed by atoms with Gasteiger partial charge in [-0.3, -0.25) is 4.79 Å². The van der Waals surface area contributed by atoms with Crippen molar-refractivity contribution < 1.29 is 13.9 Å². The van der Waals surface area contributed by atoms with E-state index < -0.39 is 0 Å². The molecule has 1 amide bonds. The Bertz CT molecular complexity index is 699. The fourth-order valence-electron chi connectivity index (χ4n) is 2.58. The Morgan fingerprint density at radius 2 is 2.05 bits per heavy atom. The van der Waals surface area contributed by atoms with Crippen molar-refractivity contribution in [1.82, 2.24) is 5.32 Å². The summed E-state index contributed by atoms with van der Waals surface area (Å²) in [5.74, 6) is -0.642. The van der Waals surface area contributed by atoms with Gasteiger partial charge in [0.25, 0.3) is 5.91 Å². The van der Waals surface area contributed by atoms with Crippen molar-refractivity contribution >= 4 is 5.91 Å². The Morgan fingerprint density at radius 1 is 1.27 bits per heavy atom. The molecule has 0 saturated heterocycles. The van der Waals surface area contributed by atoms with Crippen LogP contribution < -0.4 is 5.32 Å². The van der Waals surface area contributed by atoms with E-state index in [2.05, 4.69) is 17.4 Å². The van der Waals surface area contributed by atoms with Gasteiger partial charge in [-0.05, 0) is 35.7 Å². The molecular weight excluding hydrogens is 281 g/mol. The molecule has 3 nitrogen and oxygen atoms in total. The van der Waals surface area contributed by atoms with Crippen molar-refractivity contribution in [2.75, 3.05) is 6.54 Å². The Kier molecular flexibility index (Phi) is 4.20. The number of halogens is 1. The van der Waals surface area contributed by atoms with Crippen LogP contribution in [-0.4, -0.2) is 18.6 Å². The SMILES string of the molecule is Cc1ccc(C(=O)NCC2Cc3ccccc3CO2)cc1F. The average molecular weight is 299 g/mol. The van der Waals surface area contributed by atoms with Gasteiger partial charge in [-0.15, -0.1) is 0 Å². The second kappa shape index (κ2) is 6.28. The van der Waals surface area contributed by atoms with Gasteiger partial charge >= 0.3 is 0 Å². The molecule has 2 aromatic carbocycles. The van der Waals surface area contributed by atoms with Gasteiger partial charge in [-0.2, -0.15) is 0 Å². The van der Waals surface area contributed by atoms with E-state index in [0.717, 1.165) is 6.42 Å². The van der Waals surface area contributed by atoms with Gasteiger partial charge in [0.2, 0.25) is 0 Å². The van der Waals surface area contributed by atoms with Crippen LogP contribution in [0.1, 0.15) is 27.0 Å². The van der Waals surface area contributed by atoms with E-state index in [1.54, 1.807) is 19.1 Å². The molecule has 1 unspecified atom stereocenters. The first kappa shape index (κ1) is 14.7. The second-order valence-corrected chi connectivity index (χ2v) is 5.58. The quantitative estimate of drug-likeness (QED) is 0.946. The highest BCUT2D eigenvalue weighted by atomic mass is 19.1. The zero-order valence-corrected chi connectivity index (χ0v) is 12.4. The minimum atomic E-state index is -0.365. The fraction of sp³-hybridized carbons (Fsp3) is 0.278. The van der Waals surface area contributed by atoms with Crippen molar-refractivity contribution in [3.8, 4) is 0 Å². The summed E-state index contributed by atoms with van der Waals surface area (Å²) in [6, 6.07) is 12.6. The van der Waals surface area contributed by atoms with Crippen LogP contribution in [0.5, 0.6) is 0 Å². The molecule has 0 saturated carbocycles. The summed E-state index contributed by atoms with van der Waals surface area (Å²) in [7, 11) is 0. The third-order valence-corrected chi connectivity index (χ3v) is 3.96. The third kappa shape index (κ3) is 3.17. The molecule has 0 bridgehead atoms. The summed E-state index contributed by atoms with van der Waals surface area (Å²) in [4.78, 5) is 12.1. The summed E-state index contributed by atoms with van der Waals surface area (Å²) in [5.41, 5.74) is 3.32. The molecule has 0 aromatic heterocycles. The number of amides is 1. The number of ether oxygens (including phenoxy) is 1. The lowest BCUT2D eigenvalue weighted by Gasteiger charge is -2.25. The van der Waals surface area contributed by atoms with Crippen molar-refractivity contribution in [1.29, 1.82) is 0 Å². The number of rotatable bonds is 3. The van der Waals surface area contributed by atoms with Crippen LogP contribution in [0.3, 0.4) is 0 Å². The average Bonchev–Trinajstić information content (AvgIpc) is 2.55. The molecule has 0 aliphatic carbocycles. The normalized spacial score (nSPS) is 16.9. The first-order valence-electron chi connectivity index (χ1n) is 7.36. The van der Waals surface area contributed by atoms with E-state index in [1.165, 1.54) is 17.2 Å². The van der Waals surface area contributed by atoms with Gasteiger partial charge in [-0.25, -0.2) is 4.39 Å². The van der Waals surface area contributed by atoms with Gasteiger partial charge in [0.05, 0.1) is 12.7 Å². The Labute approximate surface area is 129 Å². The van der Waals surface area contributed by atoms with Crippen LogP contribution in [0.15, 0.2) is 42.5 Å². The van der Waals surface area contributed by atoms with E-state index >= 15 is 0 Å². The zero-order chi connectivity index (χ0) is 15.5. The second-order valence-electron chi connectivity index (χ2n) is 5.58. The summed E-state index contributed by atoms with van der Waals surface area (Å²) >= 11 is 0. The van der Waals surface area contributed by atoms with Crippen LogP contribution in [0, 0.1) is 12.7 Å². The Balaban J connectivity index is 1.59. The smallest absolute Gasteiger partial charge is 0.251 e. The first-order chi connectivity index (χ1) is 10.6. The lowest BCUT2D eigenvalue weighted by molar-refractivity contribution is 0.0285. The standard InChI is InChI=1S/C18H18FNO2/c1-12-6-7-14(9-17(12)19)18(21)20-10-16-8-13-4-2-3-5-15(13)11-22-16/h2-7,9,16H,8,10-11H2,1H3,(H,20,21). The van der Waals surface area contributed by atoms with Crippen LogP contribution in [0.4, 0.5) is 4.39 Å². The molecule has 4 heteroatoms. The molecule has 2 aromatic rings. The molecular formula is C18H18FNO2. The fourth-order valence-corrected chi connectivity index (χ4v) is 2.58. The molecule has 1 heterocycles. The minimum absolute atomic E-state index is 0.0471. The van der Waals surface area contributed by atoms with Gasteiger partial charge in [0.1, 0.15) is 5.82 Å². The summed E-state index contributed by atoms with van der Waals surface area (Å²) in [6.45, 7) is 2.66. The molecule has 0 fully saturated rings. The number of carbonyl (C=O) groups excluding carboxylic acids is 1. The highest BCUT2D eigenvalue weighted by Crippen LogP contribution is 2.20. The van der Waals surface area contributed by atoms with Crippen molar-refractivity contribution in [3.63, 3.8) is 0 Å². The molecule has 0 spiro atoms. The monoisotopic (exact) mass is 299 g/mol. The predicted octanol–water partition coefficient (Wildman–Crippen LogP) is 3.01. The van der Waals surface area contributed by atoms with Gasteiger partial charge in [-0.1, -0.05) is 30.3 Å². The number of fused-ring (bicyclic) bond motifs is 1. The maximum Gasteiger partial charge on any atom is 0.251 e. The number of hydrogen-bond acceptors (Lipinski definition) is 2. The predicted molar refractivity (Wildman–Crippen MR) is 82.2 cm³/mol. The highest BCUT2D eigenvalue weighted by molar-refractivity contribution is 5.94. The first-order valence-corrected chi connectivity index (χ1v) is 7.36. The minimum Gasteiger partial charge on any atom is -0.371 e. The van der Waals surface area contributed by atoms with E-state index in [9.17, 15) is 9.18 Å². The molecule has 1 aliphatic heterocycles. The lowest BCUT2D eigenvalue weighted by atomic mass is 9.99. The largest absolute Gasteiger partial charge is 0.371 e. The van der Waals surface area contributed by atoms with Gasteiger partial charge < -0.3 is 10.1 Å². The van der Waals surface area contributed by atoms with Crippen LogP contribution >= 0.6 is 0 Å². The molecule has 1 aliphatic rings. The molecule has 22 heavy (non-hydrogen) atoms. The highest BCUT2D eigenvalue weighted by Gasteiger charge is 2.19. The van der Waals surface area contributed by atoms with E-state index in [4.69, 9.17) is 4.74 Å². The molecule has 114 valence electrons. The van der Waals surface area contributed by atoms with E-state index in [-0.39, 0.29) is 17.8 Å². The third-order valence-electron chi connectivity index (χ3n) is 3.96. The van der Waals surface area contributed by atoms with Crippen LogP contribution in [-0.2, 0) is 17.8 Å². The number of nitrogens with one attached hydrogen (secondary N) is 1. The number of hydrogen-bond donors (Lipinski definition) is 1. The van der Waals surface area contributed by atoms with Crippen molar-refractivity contribution in [2.24, 2.45) is 0 Å². The number of aryl methyl sites for hydroxylation is 1. The summed E-state index contributed by atoms with van der Waals surface area (Å²) < 4.78 is 19.2. The van der Waals surface area contributed by atoms with Gasteiger partial charge in [0, 0.05) is 18.5 Å². The Hall–Kier alpha value is -2.20. The van der Waals surface area contributed by atoms with Gasteiger partial charge in [0.15, 0.2) is 0 Å². The summed E-state index contributed by atoms with van der Waals surface area (Å²) in [6.07, 6.45) is 0.729. The summed E-state index contributed by atoms with van der Waals surface area (Å²) in [5, 5.41) is 2.82. The molecule has 3 rings (SSSR count). The topological polar surface area (TPSA) is 38.3 Å². The molecule has 1 N–H and O–H groups in total. The van der Waals surface area contributed by atoms with Crippen molar-refractivity contribution in [3.05, 3.63) is 70.5 Å². The zero-order valence-electron chi connectivity index (χ0n) is 12.4.